The molecule has 36 heavy (non-hydrogen) atoms. The van der Waals surface area contributed by atoms with E-state index in [0.717, 1.165) is 11.8 Å². The largest absolute Gasteiger partial charge is 0.455 e. The van der Waals surface area contributed by atoms with Crippen molar-refractivity contribution in [1.82, 2.24) is 5.32 Å². The van der Waals surface area contributed by atoms with Crippen molar-refractivity contribution in [2.45, 2.75) is 19.6 Å². The molecule has 0 aliphatic carbocycles. The molecule has 4 aromatic rings. The molecule has 0 aliphatic heterocycles. The lowest BCUT2D eigenvalue weighted by atomic mass is 9.98. The molecule has 0 spiro atoms. The third kappa shape index (κ3) is 4.81. The molecule has 0 saturated carbocycles. The number of carbonyl (C=O) groups is 1. The van der Waals surface area contributed by atoms with Crippen LogP contribution in [-0.2, 0) is 10.0 Å². The van der Waals surface area contributed by atoms with Crippen LogP contribution in [0.25, 0.3) is 33.4 Å². The minimum atomic E-state index is -3.60. The lowest BCUT2D eigenvalue weighted by Crippen LogP contribution is -2.37. The van der Waals surface area contributed by atoms with Crippen molar-refractivity contribution in [2.24, 2.45) is 0 Å². The predicted molar refractivity (Wildman–Crippen MR) is 147 cm³/mol. The number of hydrogen-bond acceptors (Lipinski definition) is 4. The summed E-state index contributed by atoms with van der Waals surface area (Å²) in [4.78, 5) is 13.0. The average molecular weight is 525 g/mol. The third-order valence-corrected chi connectivity index (χ3v) is 9.48. The normalized spacial score (nSPS) is 12.1. The highest BCUT2D eigenvalue weighted by Crippen LogP contribution is 2.41. The summed E-state index contributed by atoms with van der Waals surface area (Å²) in [6.07, 6.45) is 1.14. The number of nitrogens with zero attached hydrogens (tertiary/aromatic N) is 1. The molecule has 0 unspecified atom stereocenters. The number of hydrogen-bond donors (Lipinski definition) is 1. The molecule has 1 amide bonds. The van der Waals surface area contributed by atoms with Gasteiger partial charge in [-0.1, -0.05) is 49.1 Å². The Balaban J connectivity index is 2.08. The number of nitrogens with one attached hydrogen (secondary N) is 1. The minimum Gasteiger partial charge on any atom is -0.455 e. The van der Waals surface area contributed by atoms with Crippen LogP contribution in [0.1, 0.15) is 10.4 Å². The van der Waals surface area contributed by atoms with Crippen molar-refractivity contribution in [2.75, 3.05) is 24.7 Å². The Morgan fingerprint density at radius 3 is 2.25 bits per heavy atom. The van der Waals surface area contributed by atoms with Gasteiger partial charge in [-0.2, -0.15) is 0 Å². The van der Waals surface area contributed by atoms with Gasteiger partial charge >= 0.3 is 0 Å². The van der Waals surface area contributed by atoms with Crippen LogP contribution in [0.2, 0.25) is 19.6 Å². The number of anilines is 1. The molecule has 9 heteroatoms. The zero-order chi connectivity index (χ0) is 26.4. The van der Waals surface area contributed by atoms with E-state index in [1.165, 1.54) is 35.7 Å². The van der Waals surface area contributed by atoms with Crippen molar-refractivity contribution < 1.29 is 22.0 Å². The number of amides is 1. The van der Waals surface area contributed by atoms with Gasteiger partial charge in [0, 0.05) is 36.7 Å². The van der Waals surface area contributed by atoms with E-state index in [1.807, 2.05) is 12.1 Å². The van der Waals surface area contributed by atoms with Crippen LogP contribution in [-0.4, -0.2) is 42.7 Å². The molecule has 4 rings (SSSR count). The third-order valence-electron chi connectivity index (χ3n) is 6.24. The first-order chi connectivity index (χ1) is 16.8. The fourth-order valence-electron chi connectivity index (χ4n) is 4.11. The van der Waals surface area contributed by atoms with Gasteiger partial charge in [0.25, 0.3) is 5.91 Å². The number of halogens is 1. The van der Waals surface area contributed by atoms with E-state index in [1.54, 1.807) is 24.3 Å². The van der Waals surface area contributed by atoms with Crippen molar-refractivity contribution in [1.29, 1.82) is 0 Å². The highest BCUT2D eigenvalue weighted by Gasteiger charge is 2.26. The Bertz CT molecular complexity index is 1570. The fraction of sp³-hybridized carbons (Fsp3) is 0.222. The van der Waals surface area contributed by atoms with Crippen molar-refractivity contribution in [3.63, 3.8) is 0 Å². The molecule has 0 saturated heterocycles. The maximum absolute atomic E-state index is 13.6. The van der Waals surface area contributed by atoms with Gasteiger partial charge in [0.2, 0.25) is 10.0 Å². The summed E-state index contributed by atoms with van der Waals surface area (Å²) in [7, 11) is -2.23. The van der Waals surface area contributed by atoms with Crippen LogP contribution in [0.15, 0.2) is 65.1 Å². The van der Waals surface area contributed by atoms with Crippen molar-refractivity contribution in [3.8, 4) is 22.5 Å². The van der Waals surface area contributed by atoms with Gasteiger partial charge < -0.3 is 9.73 Å². The van der Waals surface area contributed by atoms with Crippen LogP contribution in [0, 0.1) is 5.82 Å². The Morgan fingerprint density at radius 2 is 1.67 bits per heavy atom. The fourth-order valence-corrected chi connectivity index (χ4v) is 5.80. The summed E-state index contributed by atoms with van der Waals surface area (Å²) >= 11 is 0. The first kappa shape index (κ1) is 25.7. The van der Waals surface area contributed by atoms with Crippen LogP contribution in [0.5, 0.6) is 0 Å². The molecule has 1 heterocycles. The van der Waals surface area contributed by atoms with Gasteiger partial charge in [0.15, 0.2) is 0 Å². The highest BCUT2D eigenvalue weighted by molar-refractivity contribution is 7.92. The molecular weight excluding hydrogens is 495 g/mol. The molecule has 1 aromatic heterocycles. The summed E-state index contributed by atoms with van der Waals surface area (Å²) in [5, 5.41) is 4.41. The molecular formula is C27H29FN2O4SSi. The van der Waals surface area contributed by atoms with Crippen LogP contribution in [0.3, 0.4) is 0 Å². The number of furan rings is 1. The Kier molecular flexibility index (Phi) is 6.57. The van der Waals surface area contributed by atoms with E-state index in [4.69, 9.17) is 4.42 Å². The monoisotopic (exact) mass is 524 g/mol. The zero-order valence-corrected chi connectivity index (χ0v) is 23.0. The molecule has 188 valence electrons. The Morgan fingerprint density at radius 1 is 1.00 bits per heavy atom. The highest BCUT2D eigenvalue weighted by atomic mass is 32.2. The molecule has 0 radical (unpaired) electrons. The standard InChI is InChI=1S/C27H29FN2O4SSi/c1-29-27(31)25-22-15-21(18-8-7-9-20(14-18)36(4,5)6)23(30(2)35(3,32)33)16-24(22)34-26(25)17-10-12-19(28)13-11-17/h7-16H,1-6H3,(H,29,31). The Labute approximate surface area is 211 Å². The topological polar surface area (TPSA) is 79.6 Å². The zero-order valence-electron chi connectivity index (χ0n) is 21.1. The van der Waals surface area contributed by atoms with Crippen LogP contribution < -0.4 is 14.8 Å². The Hall–Kier alpha value is -3.43. The van der Waals surface area contributed by atoms with Crippen molar-refractivity contribution in [3.05, 3.63) is 72.0 Å². The minimum absolute atomic E-state index is 0.283. The molecule has 0 atom stereocenters. The summed E-state index contributed by atoms with van der Waals surface area (Å²) in [6.45, 7) is 6.73. The molecule has 0 bridgehead atoms. The lowest BCUT2D eigenvalue weighted by molar-refractivity contribution is 0.0964. The van der Waals surface area contributed by atoms with Gasteiger partial charge in [0.1, 0.15) is 17.2 Å². The second kappa shape index (κ2) is 9.22. The number of benzene rings is 3. The first-order valence-electron chi connectivity index (χ1n) is 11.4. The second-order valence-corrected chi connectivity index (χ2v) is 16.9. The summed E-state index contributed by atoms with van der Waals surface area (Å²) in [5.74, 6) is -0.484. The SMILES string of the molecule is CNC(=O)c1c(-c2ccc(F)cc2)oc2cc(N(C)S(C)(=O)=O)c(-c3cccc([Si](C)(C)C)c3)cc12. The maximum atomic E-state index is 13.6. The van der Waals surface area contributed by atoms with Crippen LogP contribution >= 0.6 is 0 Å². The number of sulfonamides is 1. The lowest BCUT2D eigenvalue weighted by Gasteiger charge is -2.22. The molecule has 0 aliphatic rings. The van der Waals surface area contributed by atoms with Gasteiger partial charge in [0.05, 0.1) is 25.6 Å². The summed E-state index contributed by atoms with van der Waals surface area (Å²) in [5.41, 5.74) is 3.12. The molecule has 1 N–H and O–H groups in total. The van der Waals surface area contributed by atoms with E-state index in [-0.39, 0.29) is 11.7 Å². The van der Waals surface area contributed by atoms with E-state index in [2.05, 4.69) is 37.1 Å². The van der Waals surface area contributed by atoms with Gasteiger partial charge in [-0.25, -0.2) is 12.8 Å². The van der Waals surface area contributed by atoms with Gasteiger partial charge in [-0.3, -0.25) is 9.10 Å². The molecule has 0 fully saturated rings. The maximum Gasteiger partial charge on any atom is 0.255 e. The summed E-state index contributed by atoms with van der Waals surface area (Å²) in [6, 6.07) is 17.2. The van der Waals surface area contributed by atoms with E-state index < -0.39 is 23.9 Å². The molecule has 3 aromatic carbocycles. The summed E-state index contributed by atoms with van der Waals surface area (Å²) < 4.78 is 46.0. The first-order valence-corrected chi connectivity index (χ1v) is 16.8. The second-order valence-electron chi connectivity index (χ2n) is 9.82. The number of carbonyl (C=O) groups excluding carboxylic acids is 1. The smallest absolute Gasteiger partial charge is 0.255 e. The number of fused-ring (bicyclic) bond motifs is 1. The van der Waals surface area contributed by atoms with Gasteiger partial charge in [-0.05, 0) is 35.9 Å². The van der Waals surface area contributed by atoms with E-state index in [0.29, 0.717) is 33.3 Å². The average Bonchev–Trinajstić information content (AvgIpc) is 3.20. The van der Waals surface area contributed by atoms with Crippen LogP contribution in [0.4, 0.5) is 10.1 Å². The predicted octanol–water partition coefficient (Wildman–Crippen LogP) is 5.21. The quantitative estimate of drug-likeness (QED) is 0.351. The van der Waals surface area contributed by atoms with E-state index >= 15 is 0 Å². The van der Waals surface area contributed by atoms with Gasteiger partial charge in [-0.15, -0.1) is 0 Å². The van der Waals surface area contributed by atoms with Crippen molar-refractivity contribution >= 4 is 45.8 Å². The molecule has 6 nitrogen and oxygen atoms in total. The number of rotatable bonds is 6. The van der Waals surface area contributed by atoms with E-state index in [9.17, 15) is 17.6 Å².